The highest BCUT2D eigenvalue weighted by atomic mass is 35.5. The number of likely N-dealkylation sites (N-methyl/N-ethyl adjacent to an activating group) is 3. The van der Waals surface area contributed by atoms with Crippen LogP contribution >= 0.6 is 36.8 Å². The largest absolute Gasteiger partial charge is 0.361 e. The van der Waals surface area contributed by atoms with Crippen LogP contribution in [0.15, 0.2) is 152 Å². The first-order chi connectivity index (χ1) is 36.3. The lowest BCUT2D eigenvalue weighted by Crippen LogP contribution is -2.23. The Hall–Kier alpha value is -6.97. The monoisotopic (exact) mass is 1070 g/mol. The molecular formula is C62H64ClN7O4S2. The Morgan fingerprint density at radius 1 is 0.526 bits per heavy atom. The first-order valence-corrected chi connectivity index (χ1v) is 26.5. The van der Waals surface area contributed by atoms with Crippen LogP contribution in [0.3, 0.4) is 0 Å². The molecule has 14 heteroatoms. The van der Waals surface area contributed by atoms with Crippen LogP contribution in [0.1, 0.15) is 80.6 Å². The lowest BCUT2D eigenvalue weighted by atomic mass is 9.96. The Morgan fingerprint density at radius 2 is 0.882 bits per heavy atom. The average molecular weight is 1070 g/mol. The molecule has 0 unspecified atom stereocenters. The van der Waals surface area contributed by atoms with Gasteiger partial charge >= 0.3 is 0 Å². The van der Waals surface area contributed by atoms with Crippen LogP contribution in [0.25, 0.3) is 49.4 Å². The molecule has 8 aromatic rings. The van der Waals surface area contributed by atoms with Gasteiger partial charge in [-0.3, -0.25) is 19.7 Å². The number of aromatic amines is 3. The van der Waals surface area contributed by atoms with Crippen LogP contribution in [0.2, 0.25) is 0 Å². The van der Waals surface area contributed by atoms with Crippen LogP contribution < -0.4 is 0 Å². The highest BCUT2D eigenvalue weighted by molar-refractivity contribution is 7.80. The van der Waals surface area contributed by atoms with Crippen molar-refractivity contribution in [2.75, 3.05) is 60.4 Å². The van der Waals surface area contributed by atoms with Gasteiger partial charge in [0.05, 0.1) is 4.92 Å². The molecule has 0 radical (unpaired) electrons. The lowest BCUT2D eigenvalue weighted by molar-refractivity contribution is -0.384. The lowest BCUT2D eigenvalue weighted by Gasteiger charge is -2.21. The van der Waals surface area contributed by atoms with E-state index in [1.807, 2.05) is 66.9 Å². The maximum atomic E-state index is 12.4. The zero-order valence-electron chi connectivity index (χ0n) is 43.3. The second-order valence-corrected chi connectivity index (χ2v) is 21.1. The van der Waals surface area contributed by atoms with Gasteiger partial charge in [0, 0.05) is 166 Å². The molecule has 0 atom stereocenters. The highest BCUT2D eigenvalue weighted by Crippen LogP contribution is 2.33. The fraction of sp³-hybridized carbons (Fsp3) is 0.258. The van der Waals surface area contributed by atoms with E-state index in [1.54, 1.807) is 12.1 Å². The number of thiocarbonyl (C=S) groups is 2. The van der Waals surface area contributed by atoms with E-state index in [2.05, 4.69) is 118 Å². The van der Waals surface area contributed by atoms with Crippen molar-refractivity contribution in [3.8, 4) is 0 Å². The topological polar surface area (TPSA) is 134 Å². The number of rotatable bonds is 14. The van der Waals surface area contributed by atoms with Crippen molar-refractivity contribution in [2.24, 2.45) is 0 Å². The number of hydrogen-bond donors (Lipinski definition) is 3. The molecule has 0 aliphatic carbocycles. The molecule has 11 rings (SSSR count). The molecule has 6 heterocycles. The van der Waals surface area contributed by atoms with E-state index in [9.17, 15) is 19.7 Å². The number of nitrogens with one attached hydrogen (secondary N) is 3. The van der Waals surface area contributed by atoms with Gasteiger partial charge in [-0.15, -0.1) is 12.4 Å². The summed E-state index contributed by atoms with van der Waals surface area (Å²) < 4.78 is 0. The number of aromatic nitrogens is 3. The standard InChI is InChI=1S/2C24H24N2OS.C14H15N3O2.ClH/c2*1-26-11-9-18(10-12-26)22-16-25-23-8-7-17(14-21(22)23)13-20(28)15-24(27)19-5-3-2-4-6-19;1-16-6-4-10(5-7-16)13-9-15-14-3-2-11(17(18)19)8-12(13)14;/h2*2-9,14,16,25H,10-13,15H2,1H3;2-4,8-9,15H,5-7H2,1H3;1H. The van der Waals surface area contributed by atoms with Crippen molar-refractivity contribution >= 4 is 113 Å². The molecule has 0 amide bonds. The quantitative estimate of drug-likeness (QED) is 0.0421. The van der Waals surface area contributed by atoms with E-state index < -0.39 is 0 Å². The van der Waals surface area contributed by atoms with E-state index in [-0.39, 0.29) is 34.6 Å². The van der Waals surface area contributed by atoms with Gasteiger partial charge in [-0.25, -0.2) is 0 Å². The van der Waals surface area contributed by atoms with Crippen LogP contribution in [0.4, 0.5) is 5.69 Å². The number of carbonyl (C=O) groups excluding carboxylic acids is 2. The predicted molar refractivity (Wildman–Crippen MR) is 322 cm³/mol. The third-order valence-corrected chi connectivity index (χ3v) is 14.9. The van der Waals surface area contributed by atoms with Crippen molar-refractivity contribution in [1.29, 1.82) is 0 Å². The van der Waals surface area contributed by atoms with Crippen molar-refractivity contribution in [3.05, 3.63) is 201 Å². The number of nitro benzene ring substituents is 1. The Bertz CT molecular complexity index is 3330. The number of fused-ring (bicyclic) bond motifs is 3. The van der Waals surface area contributed by atoms with Gasteiger partial charge in [0.25, 0.3) is 5.69 Å². The number of non-ortho nitro benzene ring substituents is 1. The Morgan fingerprint density at radius 3 is 1.22 bits per heavy atom. The smallest absolute Gasteiger partial charge is 0.270 e. The van der Waals surface area contributed by atoms with Crippen LogP contribution in [0, 0.1) is 10.1 Å². The maximum absolute atomic E-state index is 12.4. The second-order valence-electron chi connectivity index (χ2n) is 19.9. The number of ketones is 2. The number of benzene rings is 5. The van der Waals surface area contributed by atoms with Gasteiger partial charge in [0.15, 0.2) is 11.6 Å². The molecule has 3 aliphatic rings. The molecule has 5 aromatic carbocycles. The fourth-order valence-corrected chi connectivity index (χ4v) is 10.6. The van der Waals surface area contributed by atoms with Gasteiger partial charge in [-0.2, -0.15) is 0 Å². The molecule has 0 spiro atoms. The third-order valence-electron chi connectivity index (χ3n) is 14.4. The summed E-state index contributed by atoms with van der Waals surface area (Å²) in [5.74, 6) is 0.177. The molecule has 11 nitrogen and oxygen atoms in total. The van der Waals surface area contributed by atoms with Crippen LogP contribution in [-0.4, -0.2) is 116 Å². The Labute approximate surface area is 461 Å². The first-order valence-electron chi connectivity index (χ1n) is 25.6. The number of halogens is 1. The number of nitro groups is 1. The summed E-state index contributed by atoms with van der Waals surface area (Å²) in [4.78, 5) is 53.8. The minimum Gasteiger partial charge on any atom is -0.361 e. The molecule has 3 aromatic heterocycles. The number of hydrogen-bond acceptors (Lipinski definition) is 9. The maximum Gasteiger partial charge on any atom is 0.270 e. The summed E-state index contributed by atoms with van der Waals surface area (Å²) >= 11 is 11.1. The number of nitrogens with zero attached hydrogens (tertiary/aromatic N) is 4. The number of carbonyl (C=O) groups is 2. The van der Waals surface area contributed by atoms with Crippen molar-refractivity contribution in [2.45, 2.75) is 44.9 Å². The van der Waals surface area contributed by atoms with Gasteiger partial charge in [0.1, 0.15) is 0 Å². The summed E-state index contributed by atoms with van der Waals surface area (Å²) in [5, 5.41) is 14.3. The predicted octanol–water partition coefficient (Wildman–Crippen LogP) is 13.4. The zero-order valence-corrected chi connectivity index (χ0v) is 45.7. The molecule has 0 saturated heterocycles. The Kier molecular flexibility index (Phi) is 18.7. The number of Topliss-reactive ketones (excluding diaryl/α,β-unsaturated/α-hetero) is 2. The molecule has 390 valence electrons. The van der Waals surface area contributed by atoms with Gasteiger partial charge < -0.3 is 29.7 Å². The molecule has 0 fully saturated rings. The first kappa shape index (κ1) is 55.3. The zero-order chi connectivity index (χ0) is 52.4. The number of H-pyrrole nitrogens is 3. The molecule has 3 aliphatic heterocycles. The summed E-state index contributed by atoms with van der Waals surface area (Å²) in [6, 6.07) is 36.6. The van der Waals surface area contributed by atoms with E-state index in [0.717, 1.165) is 118 Å². The normalized spacial score (nSPS) is 15.1. The molecule has 76 heavy (non-hydrogen) atoms. The average Bonchev–Trinajstić information content (AvgIpc) is 4.17. The van der Waals surface area contributed by atoms with Crippen molar-refractivity contribution in [1.82, 2.24) is 29.7 Å². The van der Waals surface area contributed by atoms with E-state index in [1.165, 1.54) is 44.7 Å². The van der Waals surface area contributed by atoms with Crippen molar-refractivity contribution < 1.29 is 14.5 Å². The SMILES string of the molecule is CN1CC=C(c2c[nH]c3ccc(CC(=S)CC(=O)c4ccccc4)cc23)CC1.CN1CC=C(c2c[nH]c3ccc(CC(=S)CC(=O)c4ccccc4)cc23)CC1.CN1CC=C(c2c[nH]c3ccc([N+](=O)[O-])cc23)CC1.Cl. The summed E-state index contributed by atoms with van der Waals surface area (Å²) in [6.45, 7) is 6.11. The van der Waals surface area contributed by atoms with E-state index >= 15 is 0 Å². The highest BCUT2D eigenvalue weighted by Gasteiger charge is 2.19. The summed E-state index contributed by atoms with van der Waals surface area (Å²) in [5.41, 5.74) is 14.9. The van der Waals surface area contributed by atoms with Gasteiger partial charge in [0.2, 0.25) is 0 Å². The summed E-state index contributed by atoms with van der Waals surface area (Å²) in [7, 11) is 6.39. The van der Waals surface area contributed by atoms with Crippen molar-refractivity contribution in [3.63, 3.8) is 0 Å². The van der Waals surface area contributed by atoms with Gasteiger partial charge in [-0.1, -0.05) is 115 Å². The van der Waals surface area contributed by atoms with Gasteiger partial charge in [-0.05, 0) is 98.6 Å². The second kappa shape index (κ2) is 25.7. The minimum atomic E-state index is -0.348. The minimum absolute atomic E-state index is 0. The van der Waals surface area contributed by atoms with Crippen LogP contribution in [-0.2, 0) is 12.8 Å². The fourth-order valence-electron chi connectivity index (χ4n) is 10.0. The summed E-state index contributed by atoms with van der Waals surface area (Å²) in [6.07, 6.45) is 18.1. The molecule has 0 bridgehead atoms. The Balaban J connectivity index is 0.000000153. The van der Waals surface area contributed by atoms with Crippen LogP contribution in [0.5, 0.6) is 0 Å². The third kappa shape index (κ3) is 13.9. The molecule has 3 N–H and O–H groups in total. The molecular weight excluding hydrogens is 1010 g/mol. The van der Waals surface area contributed by atoms with E-state index in [4.69, 9.17) is 24.4 Å². The molecule has 0 saturated carbocycles. The van der Waals surface area contributed by atoms with E-state index in [0.29, 0.717) is 25.7 Å².